The second-order valence-corrected chi connectivity index (χ2v) is 11.0. The Labute approximate surface area is 173 Å². The van der Waals surface area contributed by atoms with E-state index >= 15 is 0 Å². The maximum atomic E-state index is 12.6. The summed E-state index contributed by atoms with van der Waals surface area (Å²) in [4.78, 5) is 4.79. The first-order valence-electron chi connectivity index (χ1n) is 10.8. The van der Waals surface area contributed by atoms with Crippen LogP contribution in [0, 0.1) is 17.8 Å². The van der Waals surface area contributed by atoms with Crippen molar-refractivity contribution in [3.05, 3.63) is 48.2 Å². The van der Waals surface area contributed by atoms with Crippen molar-refractivity contribution in [3.8, 4) is 0 Å². The van der Waals surface area contributed by atoms with Gasteiger partial charge in [0.25, 0.3) is 10.0 Å². The number of anilines is 2. The summed E-state index contributed by atoms with van der Waals surface area (Å²) in [6.07, 6.45) is 10.5. The number of hydrogen-bond donors (Lipinski definition) is 2. The smallest absolute Gasteiger partial charge is 0.261 e. The molecular formula is C23H29N3O2S. The molecule has 0 spiro atoms. The Hall–Kier alpha value is -2.08. The van der Waals surface area contributed by atoms with E-state index in [1.165, 1.54) is 38.5 Å². The molecule has 2 N–H and O–H groups in total. The Balaban J connectivity index is 1.28. The van der Waals surface area contributed by atoms with E-state index in [0.29, 0.717) is 5.69 Å². The molecule has 0 aliphatic heterocycles. The van der Waals surface area contributed by atoms with E-state index in [1.807, 2.05) is 25.1 Å². The summed E-state index contributed by atoms with van der Waals surface area (Å²) in [5.41, 5.74) is 1.80. The topological polar surface area (TPSA) is 71.1 Å². The number of rotatable bonds is 6. The highest BCUT2D eigenvalue weighted by Gasteiger charge is 2.51. The van der Waals surface area contributed by atoms with Crippen LogP contribution in [0.15, 0.2) is 47.5 Å². The average molecular weight is 412 g/mol. The van der Waals surface area contributed by atoms with Crippen molar-refractivity contribution in [1.82, 2.24) is 4.98 Å². The van der Waals surface area contributed by atoms with E-state index in [0.717, 1.165) is 35.6 Å². The van der Waals surface area contributed by atoms with Crippen molar-refractivity contribution < 1.29 is 8.42 Å². The van der Waals surface area contributed by atoms with Gasteiger partial charge in [0.05, 0.1) is 16.8 Å². The summed E-state index contributed by atoms with van der Waals surface area (Å²) in [7, 11) is -3.61. The molecule has 6 heteroatoms. The summed E-state index contributed by atoms with van der Waals surface area (Å²) in [5, 5.41) is 3.73. The second kappa shape index (κ2) is 7.01. The lowest BCUT2D eigenvalue weighted by Gasteiger charge is -2.57. The van der Waals surface area contributed by atoms with Crippen LogP contribution in [-0.4, -0.2) is 18.9 Å². The van der Waals surface area contributed by atoms with E-state index in [2.05, 4.69) is 15.0 Å². The molecule has 4 saturated carbocycles. The highest BCUT2D eigenvalue weighted by atomic mass is 32.2. The minimum Gasteiger partial charge on any atom is -0.365 e. The molecule has 2 aromatic rings. The van der Waals surface area contributed by atoms with Gasteiger partial charge in [-0.1, -0.05) is 19.1 Å². The zero-order chi connectivity index (χ0) is 20.1. The Kier molecular flexibility index (Phi) is 4.57. The van der Waals surface area contributed by atoms with Gasteiger partial charge in [-0.2, -0.15) is 0 Å². The summed E-state index contributed by atoms with van der Waals surface area (Å²) >= 11 is 0. The highest BCUT2D eigenvalue weighted by Crippen LogP contribution is 2.56. The van der Waals surface area contributed by atoms with Gasteiger partial charge in [0.2, 0.25) is 0 Å². The second-order valence-electron chi connectivity index (χ2n) is 9.36. The van der Waals surface area contributed by atoms with Crippen LogP contribution in [0.4, 0.5) is 11.5 Å². The number of pyridine rings is 1. The molecule has 0 amide bonds. The van der Waals surface area contributed by atoms with Crippen LogP contribution >= 0.6 is 0 Å². The maximum absolute atomic E-state index is 12.6. The predicted octanol–water partition coefficient (Wildman–Crippen LogP) is 4.83. The first-order chi connectivity index (χ1) is 13.9. The molecule has 29 heavy (non-hydrogen) atoms. The van der Waals surface area contributed by atoms with Crippen LogP contribution in [0.3, 0.4) is 0 Å². The molecule has 4 fully saturated rings. The minimum atomic E-state index is -3.61. The van der Waals surface area contributed by atoms with Gasteiger partial charge in [0, 0.05) is 5.54 Å². The van der Waals surface area contributed by atoms with Crippen molar-refractivity contribution in [3.63, 3.8) is 0 Å². The summed E-state index contributed by atoms with van der Waals surface area (Å²) in [6, 6.07) is 10.7. The number of sulfonamides is 1. The van der Waals surface area contributed by atoms with Crippen LogP contribution < -0.4 is 10.0 Å². The fourth-order valence-corrected chi connectivity index (χ4v) is 7.23. The van der Waals surface area contributed by atoms with Gasteiger partial charge in [-0.15, -0.1) is 0 Å². The molecule has 4 aliphatic rings. The molecule has 1 aromatic carbocycles. The molecule has 4 bridgehead atoms. The molecule has 154 valence electrons. The molecule has 1 heterocycles. The Morgan fingerprint density at radius 2 is 1.59 bits per heavy atom. The fraction of sp³-hybridized carbons (Fsp3) is 0.522. The first-order valence-corrected chi connectivity index (χ1v) is 12.3. The SMILES string of the molecule is CCc1ccc(S(=O)(=O)Nc2ccc(NC34CC5CC(CC(C5)C3)C4)nc2)cc1. The first kappa shape index (κ1) is 18.9. The van der Waals surface area contributed by atoms with Gasteiger partial charge in [-0.25, -0.2) is 13.4 Å². The third-order valence-electron chi connectivity index (χ3n) is 7.09. The quantitative estimate of drug-likeness (QED) is 0.714. The predicted molar refractivity (Wildman–Crippen MR) is 115 cm³/mol. The third-order valence-corrected chi connectivity index (χ3v) is 8.49. The van der Waals surface area contributed by atoms with Crippen LogP contribution in [0.1, 0.15) is 51.0 Å². The number of hydrogen-bond acceptors (Lipinski definition) is 4. The van der Waals surface area contributed by atoms with Crippen LogP contribution in [-0.2, 0) is 16.4 Å². The molecule has 0 radical (unpaired) electrons. The number of nitrogens with one attached hydrogen (secondary N) is 2. The molecule has 6 rings (SSSR count). The molecular weight excluding hydrogens is 382 g/mol. The number of nitrogens with zero attached hydrogens (tertiary/aromatic N) is 1. The number of aromatic nitrogens is 1. The van der Waals surface area contributed by atoms with Crippen LogP contribution in [0.25, 0.3) is 0 Å². The van der Waals surface area contributed by atoms with E-state index < -0.39 is 10.0 Å². The van der Waals surface area contributed by atoms with Gasteiger partial charge in [0.1, 0.15) is 5.82 Å². The standard InChI is InChI=1S/C23H29N3O2S/c1-2-16-3-6-21(7-4-16)29(27,28)26-20-5-8-22(24-15-20)25-23-12-17-9-18(13-23)11-19(10-17)14-23/h3-8,15,17-19,26H,2,9-14H2,1H3,(H,24,25). The summed E-state index contributed by atoms with van der Waals surface area (Å²) in [5.74, 6) is 3.47. The zero-order valence-electron chi connectivity index (χ0n) is 16.9. The van der Waals surface area contributed by atoms with Crippen molar-refractivity contribution in [2.24, 2.45) is 17.8 Å². The molecule has 1 aromatic heterocycles. The van der Waals surface area contributed by atoms with Crippen molar-refractivity contribution >= 4 is 21.5 Å². The fourth-order valence-electron chi connectivity index (χ4n) is 6.18. The highest BCUT2D eigenvalue weighted by molar-refractivity contribution is 7.92. The molecule has 0 atom stereocenters. The Morgan fingerprint density at radius 3 is 2.10 bits per heavy atom. The molecule has 4 aliphatic carbocycles. The average Bonchev–Trinajstić information content (AvgIpc) is 2.68. The number of benzene rings is 1. The lowest BCUT2D eigenvalue weighted by molar-refractivity contribution is 0.0105. The van der Waals surface area contributed by atoms with E-state index in [9.17, 15) is 8.42 Å². The Bertz CT molecular complexity index is 949. The lowest BCUT2D eigenvalue weighted by atomic mass is 9.53. The number of aryl methyl sites for hydroxylation is 1. The van der Waals surface area contributed by atoms with Gasteiger partial charge in [0.15, 0.2) is 0 Å². The van der Waals surface area contributed by atoms with Crippen LogP contribution in [0.2, 0.25) is 0 Å². The van der Waals surface area contributed by atoms with Crippen molar-refractivity contribution in [2.45, 2.75) is 62.3 Å². The van der Waals surface area contributed by atoms with Gasteiger partial charge < -0.3 is 5.32 Å². The van der Waals surface area contributed by atoms with Crippen molar-refractivity contribution in [2.75, 3.05) is 10.0 Å². The molecule has 5 nitrogen and oxygen atoms in total. The minimum absolute atomic E-state index is 0.198. The lowest BCUT2D eigenvalue weighted by Crippen LogP contribution is -2.54. The van der Waals surface area contributed by atoms with Gasteiger partial charge in [-0.05, 0) is 92.5 Å². The van der Waals surface area contributed by atoms with Crippen molar-refractivity contribution in [1.29, 1.82) is 0 Å². The van der Waals surface area contributed by atoms with E-state index in [4.69, 9.17) is 0 Å². The van der Waals surface area contributed by atoms with E-state index in [1.54, 1.807) is 24.4 Å². The third kappa shape index (κ3) is 3.75. The van der Waals surface area contributed by atoms with Gasteiger partial charge >= 0.3 is 0 Å². The largest absolute Gasteiger partial charge is 0.365 e. The van der Waals surface area contributed by atoms with Crippen LogP contribution in [0.5, 0.6) is 0 Å². The van der Waals surface area contributed by atoms with Gasteiger partial charge in [-0.3, -0.25) is 4.72 Å². The Morgan fingerprint density at radius 1 is 0.966 bits per heavy atom. The summed E-state index contributed by atoms with van der Waals surface area (Å²) < 4.78 is 27.9. The maximum Gasteiger partial charge on any atom is 0.261 e. The summed E-state index contributed by atoms with van der Waals surface area (Å²) in [6.45, 7) is 2.05. The zero-order valence-corrected chi connectivity index (χ0v) is 17.7. The van der Waals surface area contributed by atoms with E-state index in [-0.39, 0.29) is 10.4 Å². The molecule has 0 unspecified atom stereocenters. The monoisotopic (exact) mass is 411 g/mol. The normalized spacial score (nSPS) is 30.3. The molecule has 0 saturated heterocycles.